The Hall–Kier alpha value is -3.21. The van der Waals surface area contributed by atoms with Crippen molar-refractivity contribution in [1.82, 2.24) is 14.9 Å². The third-order valence-electron chi connectivity index (χ3n) is 5.75. The summed E-state index contributed by atoms with van der Waals surface area (Å²) >= 11 is 0. The van der Waals surface area contributed by atoms with Gasteiger partial charge in [-0.3, -0.25) is 20.0 Å². The molecule has 31 heavy (non-hydrogen) atoms. The van der Waals surface area contributed by atoms with Crippen molar-refractivity contribution in [2.45, 2.75) is 24.9 Å². The van der Waals surface area contributed by atoms with Gasteiger partial charge in [0.1, 0.15) is 6.61 Å². The number of nitrogens with one attached hydrogen (secondary N) is 1. The van der Waals surface area contributed by atoms with Gasteiger partial charge in [-0.1, -0.05) is 0 Å². The topological polar surface area (TPSA) is 98.7 Å². The van der Waals surface area contributed by atoms with Gasteiger partial charge in [-0.05, 0) is 37.1 Å². The van der Waals surface area contributed by atoms with Crippen molar-refractivity contribution >= 4 is 23.4 Å². The van der Waals surface area contributed by atoms with Gasteiger partial charge in [-0.25, -0.2) is 9.78 Å². The summed E-state index contributed by atoms with van der Waals surface area (Å²) in [6, 6.07) is 2.73. The van der Waals surface area contributed by atoms with Crippen LogP contribution in [0, 0.1) is 6.92 Å². The summed E-state index contributed by atoms with van der Waals surface area (Å²) < 4.78 is 40.1. The van der Waals surface area contributed by atoms with Gasteiger partial charge in [0, 0.05) is 30.7 Å². The summed E-state index contributed by atoms with van der Waals surface area (Å²) in [7, 11) is 0. The van der Waals surface area contributed by atoms with Gasteiger partial charge in [0.05, 0.1) is 23.7 Å². The molecule has 3 heterocycles. The summed E-state index contributed by atoms with van der Waals surface area (Å²) in [6.45, 7) is 1.57. The van der Waals surface area contributed by atoms with Gasteiger partial charge >= 0.3 is 12.2 Å². The van der Waals surface area contributed by atoms with E-state index < -0.39 is 35.7 Å². The lowest BCUT2D eigenvalue weighted by Crippen LogP contribution is -2.42. The number of hydrogen-bond acceptors (Lipinski definition) is 5. The van der Waals surface area contributed by atoms with E-state index in [2.05, 4.69) is 15.3 Å². The van der Waals surface area contributed by atoms with Crippen molar-refractivity contribution in [3.63, 3.8) is 0 Å². The van der Waals surface area contributed by atoms with E-state index in [0.717, 1.165) is 12.1 Å². The molecule has 1 spiro atoms. The predicted molar refractivity (Wildman–Crippen MR) is 105 cm³/mol. The number of fused-ring (bicyclic) bond motifs is 2. The standard InChI is InChI=1S/C20H20F3N5O3/c1-12-7-25-16(8-24-12)26-18(31)28-11-19(4-5-27(10-19)17(30)9-29)14-6-13(20(21,22)23)2-3-15(14)28/h2-3,6-8,29H,4-5,9-11H2,1H3,(H,25,26,31). The van der Waals surface area contributed by atoms with E-state index in [9.17, 15) is 22.8 Å². The lowest BCUT2D eigenvalue weighted by atomic mass is 9.81. The molecule has 2 aliphatic heterocycles. The van der Waals surface area contributed by atoms with Gasteiger partial charge in [-0.2, -0.15) is 13.2 Å². The molecule has 0 aliphatic carbocycles. The molecule has 1 aromatic heterocycles. The number of hydrogen-bond donors (Lipinski definition) is 2. The zero-order valence-electron chi connectivity index (χ0n) is 16.6. The summed E-state index contributed by atoms with van der Waals surface area (Å²) in [5, 5.41) is 11.8. The number of alkyl halides is 3. The van der Waals surface area contributed by atoms with Gasteiger partial charge in [0.15, 0.2) is 5.82 Å². The molecular weight excluding hydrogens is 415 g/mol. The molecule has 4 rings (SSSR count). The van der Waals surface area contributed by atoms with Crippen LogP contribution in [-0.2, 0) is 16.4 Å². The summed E-state index contributed by atoms with van der Waals surface area (Å²) in [6.07, 6.45) is -1.28. The van der Waals surface area contributed by atoms with E-state index in [1.165, 1.54) is 28.3 Å². The van der Waals surface area contributed by atoms with Crippen LogP contribution in [-0.4, -0.2) is 58.2 Å². The lowest BCUT2D eigenvalue weighted by molar-refractivity contribution is -0.137. The van der Waals surface area contributed by atoms with E-state index >= 15 is 0 Å². The van der Waals surface area contributed by atoms with Crippen molar-refractivity contribution < 1.29 is 27.9 Å². The number of aromatic nitrogens is 2. The molecule has 1 unspecified atom stereocenters. The van der Waals surface area contributed by atoms with Crippen LogP contribution in [0.5, 0.6) is 0 Å². The second kappa shape index (κ2) is 7.49. The molecule has 0 saturated carbocycles. The van der Waals surface area contributed by atoms with Crippen LogP contribution in [0.1, 0.15) is 23.2 Å². The highest BCUT2D eigenvalue weighted by Gasteiger charge is 2.50. The average Bonchev–Trinajstić information content (AvgIpc) is 3.31. The number of carbonyl (C=O) groups excluding carboxylic acids is 2. The highest BCUT2D eigenvalue weighted by Crippen LogP contribution is 2.48. The number of aryl methyl sites for hydroxylation is 1. The first-order valence-corrected chi connectivity index (χ1v) is 9.60. The molecule has 2 aromatic rings. The maximum atomic E-state index is 13.4. The lowest BCUT2D eigenvalue weighted by Gasteiger charge is -2.26. The molecule has 1 atom stereocenters. The minimum absolute atomic E-state index is 0.101. The van der Waals surface area contributed by atoms with Crippen LogP contribution in [0.3, 0.4) is 0 Å². The Morgan fingerprint density at radius 1 is 1.23 bits per heavy atom. The zero-order chi connectivity index (χ0) is 22.4. The fourth-order valence-electron chi connectivity index (χ4n) is 4.20. The Morgan fingerprint density at radius 2 is 2.00 bits per heavy atom. The van der Waals surface area contributed by atoms with E-state index in [1.54, 1.807) is 6.92 Å². The molecule has 1 saturated heterocycles. The van der Waals surface area contributed by atoms with E-state index in [1.807, 2.05) is 0 Å². The maximum absolute atomic E-state index is 13.4. The van der Waals surface area contributed by atoms with E-state index in [-0.39, 0.29) is 25.5 Å². The maximum Gasteiger partial charge on any atom is 0.416 e. The van der Waals surface area contributed by atoms with Crippen LogP contribution in [0.4, 0.5) is 29.5 Å². The highest BCUT2D eigenvalue weighted by molar-refractivity contribution is 6.03. The predicted octanol–water partition coefficient (Wildman–Crippen LogP) is 2.32. The molecule has 0 radical (unpaired) electrons. The van der Waals surface area contributed by atoms with Crippen LogP contribution >= 0.6 is 0 Å². The fraction of sp³-hybridized carbons (Fsp3) is 0.400. The molecule has 1 fully saturated rings. The Morgan fingerprint density at radius 3 is 2.65 bits per heavy atom. The third-order valence-corrected chi connectivity index (χ3v) is 5.75. The van der Waals surface area contributed by atoms with Gasteiger partial charge in [0.25, 0.3) is 0 Å². The largest absolute Gasteiger partial charge is 0.416 e. The number of likely N-dealkylation sites (tertiary alicyclic amines) is 1. The van der Waals surface area contributed by atoms with E-state index in [0.29, 0.717) is 23.4 Å². The van der Waals surface area contributed by atoms with Crippen molar-refractivity contribution in [1.29, 1.82) is 0 Å². The minimum atomic E-state index is -4.54. The second-order valence-corrected chi connectivity index (χ2v) is 7.79. The van der Waals surface area contributed by atoms with Crippen molar-refractivity contribution in [2.75, 3.05) is 36.5 Å². The van der Waals surface area contributed by atoms with Crippen LogP contribution in [0.15, 0.2) is 30.6 Å². The number of nitrogens with zero attached hydrogens (tertiary/aromatic N) is 4. The van der Waals surface area contributed by atoms with Crippen molar-refractivity contribution in [3.05, 3.63) is 47.4 Å². The number of urea groups is 1. The number of rotatable bonds is 2. The van der Waals surface area contributed by atoms with Gasteiger partial charge in [-0.15, -0.1) is 0 Å². The third kappa shape index (κ3) is 3.80. The van der Waals surface area contributed by atoms with Crippen LogP contribution in [0.2, 0.25) is 0 Å². The molecule has 0 bridgehead atoms. The SMILES string of the molecule is Cc1cnc(NC(=O)N2CC3(CCN(C(=O)CO)C3)c3cc(C(F)(F)F)ccc32)cn1. The Balaban J connectivity index is 1.69. The number of benzene rings is 1. The van der Waals surface area contributed by atoms with E-state index in [4.69, 9.17) is 5.11 Å². The highest BCUT2D eigenvalue weighted by atomic mass is 19.4. The van der Waals surface area contributed by atoms with Crippen molar-refractivity contribution in [2.24, 2.45) is 0 Å². The molecular formula is C20H20F3N5O3. The number of aliphatic hydroxyl groups is 1. The summed E-state index contributed by atoms with van der Waals surface area (Å²) in [4.78, 5) is 35.8. The molecule has 2 aliphatic rings. The first-order chi connectivity index (χ1) is 14.6. The monoisotopic (exact) mass is 435 g/mol. The van der Waals surface area contributed by atoms with Crippen LogP contribution in [0.25, 0.3) is 0 Å². The summed E-state index contributed by atoms with van der Waals surface area (Å²) in [5.41, 5.74) is -0.283. The van der Waals surface area contributed by atoms with Crippen LogP contribution < -0.4 is 10.2 Å². The molecule has 3 amide bonds. The fourth-order valence-corrected chi connectivity index (χ4v) is 4.20. The molecule has 2 N–H and O–H groups in total. The molecule has 8 nitrogen and oxygen atoms in total. The molecule has 11 heteroatoms. The Kier molecular flexibility index (Phi) is 5.08. The smallest absolute Gasteiger partial charge is 0.387 e. The normalized spacial score (nSPS) is 20.3. The molecule has 1 aromatic carbocycles. The number of aliphatic hydroxyl groups excluding tert-OH is 1. The average molecular weight is 435 g/mol. The number of anilines is 2. The van der Waals surface area contributed by atoms with Gasteiger partial charge < -0.3 is 10.0 Å². The first-order valence-electron chi connectivity index (χ1n) is 9.60. The number of amides is 3. The Bertz CT molecular complexity index is 1030. The second-order valence-electron chi connectivity index (χ2n) is 7.79. The zero-order valence-corrected chi connectivity index (χ0v) is 16.6. The van der Waals surface area contributed by atoms with Crippen molar-refractivity contribution in [3.8, 4) is 0 Å². The minimum Gasteiger partial charge on any atom is -0.387 e. The quantitative estimate of drug-likeness (QED) is 0.755. The Labute approximate surface area is 175 Å². The molecule has 164 valence electrons. The number of carbonyl (C=O) groups is 2. The summed E-state index contributed by atoms with van der Waals surface area (Å²) in [5.74, 6) is -0.281. The number of halogens is 3. The van der Waals surface area contributed by atoms with Gasteiger partial charge in [0.2, 0.25) is 5.91 Å². The first kappa shape index (κ1) is 21.0.